The SMILES string of the molecule is CC(C)c1nc(SCC(N)C(=O)O)c2ccccc2n1. The summed E-state index contributed by atoms with van der Waals surface area (Å²) in [5.74, 6) is 0.260. The number of carboxylic acid groups (broad SMARTS) is 1. The Kier molecular flexibility index (Phi) is 4.57. The van der Waals surface area contributed by atoms with Gasteiger partial charge in [0, 0.05) is 17.1 Å². The normalized spacial score (nSPS) is 12.8. The van der Waals surface area contributed by atoms with Crippen LogP contribution in [0.25, 0.3) is 10.9 Å². The number of aromatic nitrogens is 2. The first-order valence-electron chi connectivity index (χ1n) is 6.37. The van der Waals surface area contributed by atoms with E-state index in [1.54, 1.807) is 0 Å². The van der Waals surface area contributed by atoms with Crippen molar-refractivity contribution in [2.75, 3.05) is 5.75 Å². The van der Waals surface area contributed by atoms with E-state index in [0.717, 1.165) is 21.8 Å². The van der Waals surface area contributed by atoms with E-state index in [4.69, 9.17) is 10.8 Å². The molecular formula is C14H17N3O2S. The quantitative estimate of drug-likeness (QED) is 0.649. The van der Waals surface area contributed by atoms with Gasteiger partial charge in [-0.15, -0.1) is 11.8 Å². The van der Waals surface area contributed by atoms with Gasteiger partial charge in [-0.05, 0) is 6.07 Å². The maximum absolute atomic E-state index is 10.8. The zero-order chi connectivity index (χ0) is 14.7. The lowest BCUT2D eigenvalue weighted by atomic mass is 10.2. The van der Waals surface area contributed by atoms with E-state index in [1.165, 1.54) is 11.8 Å². The minimum atomic E-state index is -1.00. The molecule has 0 fully saturated rings. The Labute approximate surface area is 121 Å². The summed E-state index contributed by atoms with van der Waals surface area (Å²) in [5, 5.41) is 10.6. The molecule has 0 amide bonds. The number of nitrogens with two attached hydrogens (primary N) is 1. The molecule has 0 saturated heterocycles. The fourth-order valence-corrected chi connectivity index (χ4v) is 2.64. The van der Waals surface area contributed by atoms with E-state index in [9.17, 15) is 4.79 Å². The molecule has 0 spiro atoms. The lowest BCUT2D eigenvalue weighted by Crippen LogP contribution is -2.32. The molecule has 0 aliphatic carbocycles. The number of fused-ring (bicyclic) bond motifs is 1. The van der Waals surface area contributed by atoms with E-state index < -0.39 is 12.0 Å². The fraction of sp³-hybridized carbons (Fsp3) is 0.357. The lowest BCUT2D eigenvalue weighted by molar-refractivity contribution is -0.137. The van der Waals surface area contributed by atoms with E-state index >= 15 is 0 Å². The van der Waals surface area contributed by atoms with Crippen molar-refractivity contribution in [1.82, 2.24) is 9.97 Å². The van der Waals surface area contributed by atoms with Gasteiger partial charge >= 0.3 is 5.97 Å². The van der Waals surface area contributed by atoms with Gasteiger partial charge in [0.15, 0.2) is 0 Å². The first-order chi connectivity index (χ1) is 9.49. The van der Waals surface area contributed by atoms with Crippen LogP contribution < -0.4 is 5.73 Å². The third-order valence-electron chi connectivity index (χ3n) is 2.82. The van der Waals surface area contributed by atoms with Gasteiger partial charge < -0.3 is 10.8 Å². The fourth-order valence-electron chi connectivity index (χ4n) is 1.67. The van der Waals surface area contributed by atoms with Crippen molar-refractivity contribution in [3.63, 3.8) is 0 Å². The van der Waals surface area contributed by atoms with E-state index in [2.05, 4.69) is 9.97 Å². The van der Waals surface area contributed by atoms with Crippen LogP contribution in [0, 0.1) is 0 Å². The van der Waals surface area contributed by atoms with E-state index in [-0.39, 0.29) is 11.7 Å². The molecule has 6 heteroatoms. The molecule has 1 aromatic carbocycles. The van der Waals surface area contributed by atoms with Crippen LogP contribution in [0.1, 0.15) is 25.6 Å². The highest BCUT2D eigenvalue weighted by Crippen LogP contribution is 2.27. The molecule has 0 aliphatic rings. The maximum atomic E-state index is 10.8. The number of rotatable bonds is 5. The Bertz CT molecular complexity index is 631. The van der Waals surface area contributed by atoms with Gasteiger partial charge in [-0.25, -0.2) is 9.97 Å². The predicted octanol–water partition coefficient (Wildman–Crippen LogP) is 2.26. The van der Waals surface area contributed by atoms with Crippen LogP contribution in [0.5, 0.6) is 0 Å². The van der Waals surface area contributed by atoms with Crippen molar-refractivity contribution in [3.8, 4) is 0 Å². The molecule has 0 radical (unpaired) electrons. The van der Waals surface area contributed by atoms with Gasteiger partial charge in [-0.2, -0.15) is 0 Å². The van der Waals surface area contributed by atoms with E-state index in [0.29, 0.717) is 0 Å². The highest BCUT2D eigenvalue weighted by atomic mass is 32.2. The Balaban J connectivity index is 2.37. The highest BCUT2D eigenvalue weighted by molar-refractivity contribution is 7.99. The van der Waals surface area contributed by atoms with Crippen LogP contribution in [0.4, 0.5) is 0 Å². The largest absolute Gasteiger partial charge is 0.480 e. The van der Waals surface area contributed by atoms with Crippen LogP contribution in [-0.2, 0) is 4.79 Å². The zero-order valence-electron chi connectivity index (χ0n) is 11.4. The number of nitrogens with zero attached hydrogens (tertiary/aromatic N) is 2. The minimum Gasteiger partial charge on any atom is -0.480 e. The average molecular weight is 291 g/mol. The average Bonchev–Trinajstić information content (AvgIpc) is 2.43. The molecule has 2 aromatic rings. The summed E-state index contributed by atoms with van der Waals surface area (Å²) in [5.41, 5.74) is 6.42. The molecule has 1 unspecified atom stereocenters. The number of carboxylic acids is 1. The summed E-state index contributed by atoms with van der Waals surface area (Å²) in [6.45, 7) is 4.06. The van der Waals surface area contributed by atoms with Crippen molar-refractivity contribution in [2.24, 2.45) is 5.73 Å². The van der Waals surface area contributed by atoms with Crippen LogP contribution in [-0.4, -0.2) is 32.8 Å². The molecule has 2 rings (SSSR count). The second-order valence-electron chi connectivity index (χ2n) is 4.81. The second-order valence-corrected chi connectivity index (χ2v) is 5.82. The molecule has 20 heavy (non-hydrogen) atoms. The molecular weight excluding hydrogens is 274 g/mol. The highest BCUT2D eigenvalue weighted by Gasteiger charge is 2.15. The van der Waals surface area contributed by atoms with Gasteiger partial charge in [-0.3, -0.25) is 4.79 Å². The van der Waals surface area contributed by atoms with E-state index in [1.807, 2.05) is 38.1 Å². The van der Waals surface area contributed by atoms with Gasteiger partial charge in [0.2, 0.25) is 0 Å². The molecule has 1 atom stereocenters. The van der Waals surface area contributed by atoms with Crippen molar-refractivity contribution < 1.29 is 9.90 Å². The topological polar surface area (TPSA) is 89.1 Å². The summed E-state index contributed by atoms with van der Waals surface area (Å²) < 4.78 is 0. The maximum Gasteiger partial charge on any atom is 0.321 e. The Morgan fingerprint density at radius 2 is 2.05 bits per heavy atom. The summed E-state index contributed by atoms with van der Waals surface area (Å²) >= 11 is 1.36. The summed E-state index contributed by atoms with van der Waals surface area (Å²) in [6, 6.07) is 6.83. The number of hydrogen-bond donors (Lipinski definition) is 2. The molecule has 1 heterocycles. The van der Waals surface area contributed by atoms with Crippen LogP contribution >= 0.6 is 11.8 Å². The number of benzene rings is 1. The van der Waals surface area contributed by atoms with Gasteiger partial charge in [0.1, 0.15) is 16.9 Å². The Hall–Kier alpha value is -1.66. The number of hydrogen-bond acceptors (Lipinski definition) is 5. The van der Waals surface area contributed by atoms with Crippen molar-refractivity contribution in [1.29, 1.82) is 0 Å². The van der Waals surface area contributed by atoms with Gasteiger partial charge in [0.25, 0.3) is 0 Å². The summed E-state index contributed by atoms with van der Waals surface area (Å²) in [6.07, 6.45) is 0. The molecule has 3 N–H and O–H groups in total. The van der Waals surface area contributed by atoms with Crippen molar-refractivity contribution >= 4 is 28.6 Å². The monoisotopic (exact) mass is 291 g/mol. The third-order valence-corrected chi connectivity index (χ3v) is 3.93. The van der Waals surface area contributed by atoms with Crippen molar-refractivity contribution in [2.45, 2.75) is 30.8 Å². The number of para-hydroxylation sites is 1. The Morgan fingerprint density at radius 3 is 2.70 bits per heavy atom. The lowest BCUT2D eigenvalue weighted by Gasteiger charge is -2.11. The number of thioether (sulfide) groups is 1. The first-order valence-corrected chi connectivity index (χ1v) is 7.35. The third kappa shape index (κ3) is 3.26. The second kappa shape index (κ2) is 6.19. The van der Waals surface area contributed by atoms with Gasteiger partial charge in [0.05, 0.1) is 5.52 Å². The van der Waals surface area contributed by atoms with Crippen LogP contribution in [0.2, 0.25) is 0 Å². The van der Waals surface area contributed by atoms with Gasteiger partial charge in [-0.1, -0.05) is 32.0 Å². The summed E-state index contributed by atoms with van der Waals surface area (Å²) in [7, 11) is 0. The standard InChI is InChI=1S/C14H17N3O2S/c1-8(2)12-16-11-6-4-3-5-9(11)13(17-12)20-7-10(15)14(18)19/h3-6,8,10H,7,15H2,1-2H3,(H,18,19). The van der Waals surface area contributed by atoms with Crippen LogP contribution in [0.3, 0.4) is 0 Å². The predicted molar refractivity (Wildman–Crippen MR) is 80.0 cm³/mol. The van der Waals surface area contributed by atoms with Crippen molar-refractivity contribution in [3.05, 3.63) is 30.1 Å². The Morgan fingerprint density at radius 1 is 1.35 bits per heavy atom. The number of carbonyl (C=O) groups is 1. The summed E-state index contributed by atoms with van der Waals surface area (Å²) in [4.78, 5) is 19.8. The molecule has 0 aliphatic heterocycles. The minimum absolute atomic E-state index is 0.215. The van der Waals surface area contributed by atoms with Crippen LogP contribution in [0.15, 0.2) is 29.3 Å². The molecule has 0 saturated carbocycles. The molecule has 106 valence electrons. The first kappa shape index (κ1) is 14.7. The smallest absolute Gasteiger partial charge is 0.321 e. The number of aliphatic carboxylic acids is 1. The molecule has 0 bridgehead atoms. The molecule has 1 aromatic heterocycles. The molecule has 5 nitrogen and oxygen atoms in total. The zero-order valence-corrected chi connectivity index (χ0v) is 12.2.